The number of rotatable bonds is 12. The first-order valence-corrected chi connectivity index (χ1v) is 10.7. The maximum Gasteiger partial charge on any atom is 0.333 e. The Balaban J connectivity index is 0.000000896. The molecule has 0 atom stereocenters. The Hall–Kier alpha value is -3.67. The fourth-order valence-corrected chi connectivity index (χ4v) is 2.34. The summed E-state index contributed by atoms with van der Waals surface area (Å²) in [4.78, 5) is 34.9. The van der Waals surface area contributed by atoms with Crippen LogP contribution in [0.1, 0.15) is 45.2 Å². The summed E-state index contributed by atoms with van der Waals surface area (Å²) in [6.45, 7) is 24.1. The molecule has 34 heavy (non-hydrogen) atoms. The zero-order valence-electron chi connectivity index (χ0n) is 20.8. The number of hydrogen-bond donors (Lipinski definition) is 0. The van der Waals surface area contributed by atoms with Gasteiger partial charge >= 0.3 is 17.9 Å². The van der Waals surface area contributed by atoms with Crippen LogP contribution in [0.3, 0.4) is 0 Å². The Morgan fingerprint density at radius 2 is 1.03 bits per heavy atom. The standard InChI is InChI=1S/C18H26O6.C10H10/c1-8-18(9-22-15(19)12(2)3,10-23-16(20)13(4)5)11-24-17(21)14(6)7;1-3-9-7-5-6-8-10(9)4-2/h2,4,6,8-11H2,1,3,5,7H3;3-8H,1-2H2. The minimum absolute atomic E-state index is 0.0812. The van der Waals surface area contributed by atoms with Gasteiger partial charge in [0.1, 0.15) is 19.8 Å². The third kappa shape index (κ3) is 10.8. The lowest BCUT2D eigenvalue weighted by Crippen LogP contribution is -2.39. The van der Waals surface area contributed by atoms with E-state index in [0.717, 1.165) is 11.1 Å². The van der Waals surface area contributed by atoms with E-state index in [1.165, 1.54) is 20.8 Å². The number of hydrogen-bond acceptors (Lipinski definition) is 6. The topological polar surface area (TPSA) is 78.9 Å². The largest absolute Gasteiger partial charge is 0.461 e. The van der Waals surface area contributed by atoms with Crippen LogP contribution < -0.4 is 0 Å². The molecular formula is C28H36O6. The zero-order chi connectivity index (χ0) is 26.3. The van der Waals surface area contributed by atoms with Gasteiger partial charge in [0.2, 0.25) is 0 Å². The van der Waals surface area contributed by atoms with Crippen molar-refractivity contribution in [2.75, 3.05) is 19.8 Å². The van der Waals surface area contributed by atoms with Crippen LogP contribution in [0.4, 0.5) is 0 Å². The lowest BCUT2D eigenvalue weighted by molar-refractivity contribution is -0.157. The second-order valence-corrected chi connectivity index (χ2v) is 7.96. The van der Waals surface area contributed by atoms with Crippen molar-refractivity contribution in [3.05, 3.63) is 85.0 Å². The highest BCUT2D eigenvalue weighted by molar-refractivity contribution is 5.88. The predicted molar refractivity (Wildman–Crippen MR) is 137 cm³/mol. The molecule has 184 valence electrons. The Bertz CT molecular complexity index is 837. The zero-order valence-corrected chi connectivity index (χ0v) is 20.8. The number of benzene rings is 1. The highest BCUT2D eigenvalue weighted by Gasteiger charge is 2.34. The minimum Gasteiger partial charge on any atom is -0.461 e. The molecule has 0 saturated carbocycles. The summed E-state index contributed by atoms with van der Waals surface area (Å²) in [6.07, 6.45) is 4.11. The van der Waals surface area contributed by atoms with E-state index in [9.17, 15) is 14.4 Å². The Morgan fingerprint density at radius 3 is 1.24 bits per heavy atom. The van der Waals surface area contributed by atoms with Crippen LogP contribution >= 0.6 is 0 Å². The second-order valence-electron chi connectivity index (χ2n) is 7.96. The van der Waals surface area contributed by atoms with E-state index in [-0.39, 0.29) is 36.5 Å². The summed E-state index contributed by atoms with van der Waals surface area (Å²) < 4.78 is 15.5. The monoisotopic (exact) mass is 468 g/mol. The highest BCUT2D eigenvalue weighted by atomic mass is 16.6. The van der Waals surface area contributed by atoms with E-state index in [1.807, 2.05) is 43.3 Å². The van der Waals surface area contributed by atoms with Crippen LogP contribution in [0.2, 0.25) is 0 Å². The molecule has 0 fully saturated rings. The average molecular weight is 469 g/mol. The number of carbonyl (C=O) groups excluding carboxylic acids is 3. The van der Waals surface area contributed by atoms with Gasteiger partial charge in [0.25, 0.3) is 0 Å². The molecular weight excluding hydrogens is 432 g/mol. The van der Waals surface area contributed by atoms with Gasteiger partial charge in [-0.15, -0.1) is 0 Å². The third-order valence-corrected chi connectivity index (χ3v) is 4.76. The molecule has 0 radical (unpaired) electrons. The maximum absolute atomic E-state index is 11.6. The van der Waals surface area contributed by atoms with E-state index >= 15 is 0 Å². The molecule has 0 saturated heterocycles. The molecule has 0 N–H and O–H groups in total. The number of carbonyl (C=O) groups is 3. The van der Waals surface area contributed by atoms with Crippen molar-refractivity contribution in [1.29, 1.82) is 0 Å². The smallest absolute Gasteiger partial charge is 0.333 e. The molecule has 0 aliphatic heterocycles. The molecule has 1 aromatic carbocycles. The van der Waals surface area contributed by atoms with Gasteiger partial charge < -0.3 is 14.2 Å². The van der Waals surface area contributed by atoms with E-state index in [0.29, 0.717) is 6.42 Å². The van der Waals surface area contributed by atoms with Gasteiger partial charge in [-0.3, -0.25) is 0 Å². The molecule has 6 nitrogen and oxygen atoms in total. The fourth-order valence-electron chi connectivity index (χ4n) is 2.34. The predicted octanol–water partition coefficient (Wildman–Crippen LogP) is 5.71. The molecule has 0 unspecified atom stereocenters. The number of ether oxygens (including phenoxy) is 3. The summed E-state index contributed by atoms with van der Waals surface area (Å²) in [7, 11) is 0. The molecule has 0 spiro atoms. The Labute approximate surface area is 203 Å². The molecule has 0 aliphatic rings. The summed E-state index contributed by atoms with van der Waals surface area (Å²) >= 11 is 0. The molecule has 0 aliphatic carbocycles. The van der Waals surface area contributed by atoms with E-state index in [4.69, 9.17) is 14.2 Å². The Kier molecular flexibility index (Phi) is 13.6. The van der Waals surface area contributed by atoms with Gasteiger partial charge in [0, 0.05) is 16.7 Å². The van der Waals surface area contributed by atoms with Crippen molar-refractivity contribution in [3.8, 4) is 0 Å². The molecule has 0 bridgehead atoms. The van der Waals surface area contributed by atoms with Crippen LogP contribution in [-0.2, 0) is 28.6 Å². The summed E-state index contributed by atoms with van der Waals surface area (Å²) in [6, 6.07) is 8.02. The SMILES string of the molecule is C=C(C)C(=O)OCC(CC)(COC(=O)C(=C)C)COC(=O)C(=C)C.C=Cc1ccccc1C=C. The average Bonchev–Trinajstić information content (AvgIpc) is 2.83. The molecule has 1 aromatic rings. The Morgan fingerprint density at radius 1 is 0.735 bits per heavy atom. The minimum atomic E-state index is -0.860. The van der Waals surface area contributed by atoms with E-state index in [2.05, 4.69) is 32.9 Å². The molecule has 6 heteroatoms. The van der Waals surface area contributed by atoms with Crippen molar-refractivity contribution >= 4 is 30.1 Å². The van der Waals surface area contributed by atoms with Gasteiger partial charge in [0.05, 0.1) is 5.41 Å². The summed E-state index contributed by atoms with van der Waals surface area (Å²) in [5.74, 6) is -1.69. The lowest BCUT2D eigenvalue weighted by Gasteiger charge is -2.31. The molecule has 0 heterocycles. The van der Waals surface area contributed by atoms with Crippen LogP contribution in [-0.4, -0.2) is 37.7 Å². The number of esters is 3. The van der Waals surface area contributed by atoms with Gasteiger partial charge in [-0.25, -0.2) is 14.4 Å². The van der Waals surface area contributed by atoms with Crippen molar-refractivity contribution in [2.45, 2.75) is 34.1 Å². The van der Waals surface area contributed by atoms with Crippen LogP contribution in [0.5, 0.6) is 0 Å². The van der Waals surface area contributed by atoms with Crippen molar-refractivity contribution in [2.24, 2.45) is 5.41 Å². The van der Waals surface area contributed by atoms with Gasteiger partial charge in [-0.1, -0.05) is 76.2 Å². The van der Waals surface area contributed by atoms with Gasteiger partial charge in [0.15, 0.2) is 0 Å². The quantitative estimate of drug-likeness (QED) is 0.222. The van der Waals surface area contributed by atoms with E-state index in [1.54, 1.807) is 0 Å². The van der Waals surface area contributed by atoms with Crippen molar-refractivity contribution in [3.63, 3.8) is 0 Å². The third-order valence-electron chi connectivity index (χ3n) is 4.76. The highest BCUT2D eigenvalue weighted by Crippen LogP contribution is 2.25. The molecule has 0 aromatic heterocycles. The van der Waals surface area contributed by atoms with Crippen molar-refractivity contribution in [1.82, 2.24) is 0 Å². The summed E-state index contributed by atoms with van der Waals surface area (Å²) in [5, 5.41) is 0. The van der Waals surface area contributed by atoms with Gasteiger partial charge in [-0.05, 0) is 38.3 Å². The molecule has 0 amide bonds. The van der Waals surface area contributed by atoms with Gasteiger partial charge in [-0.2, -0.15) is 0 Å². The second kappa shape index (κ2) is 15.2. The first kappa shape index (κ1) is 30.3. The van der Waals surface area contributed by atoms with Crippen LogP contribution in [0.15, 0.2) is 73.9 Å². The van der Waals surface area contributed by atoms with Crippen LogP contribution in [0.25, 0.3) is 12.2 Å². The normalized spacial score (nSPS) is 10.0. The molecule has 1 rings (SSSR count). The fraction of sp³-hybridized carbons (Fsp3) is 0.321. The lowest BCUT2D eigenvalue weighted by atomic mass is 9.88. The maximum atomic E-state index is 11.6. The summed E-state index contributed by atoms with van der Waals surface area (Å²) in [5.41, 5.74) is 2.16. The first-order valence-electron chi connectivity index (χ1n) is 10.7. The first-order chi connectivity index (χ1) is 15.9. The van der Waals surface area contributed by atoms with Crippen molar-refractivity contribution < 1.29 is 28.6 Å². The van der Waals surface area contributed by atoms with Crippen LogP contribution in [0, 0.1) is 5.41 Å². The van der Waals surface area contributed by atoms with E-state index < -0.39 is 23.3 Å².